The van der Waals surface area contributed by atoms with Gasteiger partial charge in [0.2, 0.25) is 0 Å². The summed E-state index contributed by atoms with van der Waals surface area (Å²) >= 11 is 0. The first kappa shape index (κ1) is 11.6. The maximum atomic E-state index is 11.1. The van der Waals surface area contributed by atoms with Crippen molar-refractivity contribution in [2.75, 3.05) is 6.61 Å². The number of ether oxygens (including phenoxy) is 1. The van der Waals surface area contributed by atoms with Crippen LogP contribution in [0.1, 0.15) is 13.8 Å². The summed E-state index contributed by atoms with van der Waals surface area (Å²) in [7, 11) is 0. The van der Waals surface area contributed by atoms with Gasteiger partial charge in [0.05, 0.1) is 12.5 Å². The van der Waals surface area contributed by atoms with Crippen LogP contribution in [0.25, 0.3) is 0 Å². The molecule has 0 radical (unpaired) electrons. The summed E-state index contributed by atoms with van der Waals surface area (Å²) in [6.45, 7) is 6.70. The van der Waals surface area contributed by atoms with Gasteiger partial charge in [0.25, 0.3) is 0 Å². The Labute approximate surface area is 76.5 Å². The Morgan fingerprint density at radius 1 is 1.77 bits per heavy atom. The van der Waals surface area contributed by atoms with E-state index in [1.165, 1.54) is 6.08 Å². The molecular formula is C8H13NO4. The average molecular weight is 187 g/mol. The summed E-state index contributed by atoms with van der Waals surface area (Å²) in [4.78, 5) is 20.9. The van der Waals surface area contributed by atoms with Crippen LogP contribution in [0.2, 0.25) is 0 Å². The lowest BCUT2D eigenvalue weighted by molar-refractivity contribution is -0.516. The number of nitro groups is 1. The third-order valence-electron chi connectivity index (χ3n) is 1.63. The van der Waals surface area contributed by atoms with Crippen molar-refractivity contribution in [3.8, 4) is 0 Å². The van der Waals surface area contributed by atoms with Gasteiger partial charge in [0.1, 0.15) is 0 Å². The molecule has 2 unspecified atom stereocenters. The molecule has 0 saturated carbocycles. The lowest BCUT2D eigenvalue weighted by Crippen LogP contribution is -2.36. The third-order valence-corrected chi connectivity index (χ3v) is 1.63. The van der Waals surface area contributed by atoms with Crippen molar-refractivity contribution < 1.29 is 14.5 Å². The molecule has 2 atom stereocenters. The summed E-state index contributed by atoms with van der Waals surface area (Å²) in [6.07, 6.45) is 1.37. The molecular weight excluding hydrogens is 174 g/mol. The molecule has 0 bridgehead atoms. The van der Waals surface area contributed by atoms with Crippen molar-refractivity contribution in [3.05, 3.63) is 22.8 Å². The van der Waals surface area contributed by atoms with Crippen LogP contribution >= 0.6 is 0 Å². The van der Waals surface area contributed by atoms with E-state index in [1.54, 1.807) is 13.8 Å². The Bertz CT molecular complexity index is 214. The summed E-state index contributed by atoms with van der Waals surface area (Å²) in [5.41, 5.74) is 0. The van der Waals surface area contributed by atoms with E-state index in [-0.39, 0.29) is 6.61 Å². The Morgan fingerprint density at radius 3 is 2.62 bits per heavy atom. The molecule has 5 heteroatoms. The number of carbonyl (C=O) groups excluding carboxylic acids is 1. The number of nitrogens with zero attached hydrogens (tertiary/aromatic N) is 1. The van der Waals surface area contributed by atoms with Gasteiger partial charge in [-0.05, 0) is 6.92 Å². The molecule has 0 aromatic heterocycles. The quantitative estimate of drug-likeness (QED) is 0.279. The van der Waals surface area contributed by atoms with Crippen molar-refractivity contribution in [1.82, 2.24) is 0 Å². The van der Waals surface area contributed by atoms with Gasteiger partial charge in [-0.15, -0.1) is 6.58 Å². The fraction of sp³-hybridized carbons (Fsp3) is 0.625. The fourth-order valence-corrected chi connectivity index (χ4v) is 0.849. The Balaban J connectivity index is 4.50. The minimum Gasteiger partial charge on any atom is -0.461 e. The van der Waals surface area contributed by atoms with E-state index in [1.807, 2.05) is 0 Å². The molecule has 0 aromatic rings. The van der Waals surface area contributed by atoms with E-state index in [0.717, 1.165) is 0 Å². The lowest BCUT2D eigenvalue weighted by Gasteiger charge is -2.11. The van der Waals surface area contributed by atoms with E-state index in [0.29, 0.717) is 0 Å². The Morgan fingerprint density at radius 2 is 2.31 bits per heavy atom. The average Bonchev–Trinajstić information content (AvgIpc) is 2.04. The third kappa shape index (κ3) is 3.23. The molecule has 0 aliphatic rings. The summed E-state index contributed by atoms with van der Waals surface area (Å²) in [6, 6.07) is -1.34. The molecule has 0 heterocycles. The fourth-order valence-electron chi connectivity index (χ4n) is 0.849. The van der Waals surface area contributed by atoms with Crippen molar-refractivity contribution in [1.29, 1.82) is 0 Å². The first-order valence-corrected chi connectivity index (χ1v) is 3.97. The smallest absolute Gasteiger partial charge is 0.382 e. The molecule has 5 nitrogen and oxygen atoms in total. The van der Waals surface area contributed by atoms with Gasteiger partial charge < -0.3 is 4.74 Å². The highest BCUT2D eigenvalue weighted by Crippen LogP contribution is 2.09. The molecule has 0 saturated heterocycles. The molecule has 13 heavy (non-hydrogen) atoms. The minimum atomic E-state index is -1.34. The first-order valence-electron chi connectivity index (χ1n) is 3.97. The Hall–Kier alpha value is -1.39. The van der Waals surface area contributed by atoms with Crippen molar-refractivity contribution in [3.63, 3.8) is 0 Å². The van der Waals surface area contributed by atoms with Gasteiger partial charge >= 0.3 is 12.0 Å². The Kier molecular flexibility index (Phi) is 4.72. The van der Waals surface area contributed by atoms with E-state index in [4.69, 9.17) is 0 Å². The van der Waals surface area contributed by atoms with Crippen LogP contribution in [0.4, 0.5) is 0 Å². The number of carbonyl (C=O) groups is 1. The van der Waals surface area contributed by atoms with Gasteiger partial charge in [-0.1, -0.05) is 13.0 Å². The zero-order valence-electron chi connectivity index (χ0n) is 7.73. The molecule has 0 spiro atoms. The molecule has 0 aromatic carbocycles. The number of rotatable bonds is 5. The van der Waals surface area contributed by atoms with Gasteiger partial charge in [-0.2, -0.15) is 0 Å². The number of esters is 1. The van der Waals surface area contributed by atoms with Crippen LogP contribution < -0.4 is 0 Å². The number of hydrogen-bond donors (Lipinski definition) is 0. The predicted octanol–water partition coefficient (Wildman–Crippen LogP) is 1.02. The van der Waals surface area contributed by atoms with E-state index in [2.05, 4.69) is 11.3 Å². The zero-order valence-corrected chi connectivity index (χ0v) is 7.73. The highest BCUT2D eigenvalue weighted by atomic mass is 16.6. The van der Waals surface area contributed by atoms with Gasteiger partial charge in [0, 0.05) is 4.92 Å². The maximum absolute atomic E-state index is 11.1. The highest BCUT2D eigenvalue weighted by molar-refractivity contribution is 5.74. The SMILES string of the molecule is C=CC(C)C(C(=O)OCC)[N+](=O)[O-]. The van der Waals surface area contributed by atoms with Crippen molar-refractivity contribution in [2.45, 2.75) is 19.9 Å². The zero-order chi connectivity index (χ0) is 10.4. The summed E-state index contributed by atoms with van der Waals surface area (Å²) < 4.78 is 4.56. The van der Waals surface area contributed by atoms with Crippen LogP contribution in [0.3, 0.4) is 0 Å². The van der Waals surface area contributed by atoms with Crippen LogP contribution in [0.5, 0.6) is 0 Å². The van der Waals surface area contributed by atoms with Crippen LogP contribution in [-0.2, 0) is 9.53 Å². The van der Waals surface area contributed by atoms with Crippen molar-refractivity contribution in [2.24, 2.45) is 5.92 Å². The molecule has 0 aliphatic carbocycles. The van der Waals surface area contributed by atoms with Gasteiger partial charge in [-0.3, -0.25) is 10.1 Å². The first-order chi connectivity index (χ1) is 6.04. The van der Waals surface area contributed by atoms with E-state index in [9.17, 15) is 14.9 Å². The second kappa shape index (κ2) is 5.29. The second-order valence-corrected chi connectivity index (χ2v) is 2.58. The molecule has 0 aliphatic heterocycles. The van der Waals surface area contributed by atoms with E-state index >= 15 is 0 Å². The lowest BCUT2D eigenvalue weighted by atomic mass is 10.0. The summed E-state index contributed by atoms with van der Waals surface area (Å²) in [5, 5.41) is 10.5. The molecule has 0 rings (SSSR count). The van der Waals surface area contributed by atoms with Gasteiger partial charge in [0.15, 0.2) is 0 Å². The number of hydrogen-bond acceptors (Lipinski definition) is 4. The molecule has 0 amide bonds. The molecule has 0 N–H and O–H groups in total. The predicted molar refractivity (Wildman–Crippen MR) is 46.8 cm³/mol. The van der Waals surface area contributed by atoms with Crippen LogP contribution in [0, 0.1) is 16.0 Å². The second-order valence-electron chi connectivity index (χ2n) is 2.58. The van der Waals surface area contributed by atoms with Crippen LogP contribution in [0.15, 0.2) is 12.7 Å². The molecule has 74 valence electrons. The highest BCUT2D eigenvalue weighted by Gasteiger charge is 2.35. The van der Waals surface area contributed by atoms with Crippen molar-refractivity contribution >= 4 is 5.97 Å². The monoisotopic (exact) mass is 187 g/mol. The summed E-state index contributed by atoms with van der Waals surface area (Å²) in [5.74, 6) is -1.33. The standard InChI is InChI=1S/C8H13NO4/c1-4-6(3)7(9(11)12)8(10)13-5-2/h4,6-7H,1,5H2,2-3H3. The maximum Gasteiger partial charge on any atom is 0.382 e. The molecule has 0 fully saturated rings. The minimum absolute atomic E-state index is 0.146. The van der Waals surface area contributed by atoms with E-state index < -0.39 is 22.9 Å². The van der Waals surface area contributed by atoms with Crippen LogP contribution in [-0.4, -0.2) is 23.5 Å². The normalized spacial score (nSPS) is 14.3. The topological polar surface area (TPSA) is 69.4 Å². The van der Waals surface area contributed by atoms with Gasteiger partial charge in [-0.25, -0.2) is 4.79 Å². The largest absolute Gasteiger partial charge is 0.461 e.